The van der Waals surface area contributed by atoms with Gasteiger partial charge in [0.25, 0.3) is 5.69 Å². The molecule has 1 aliphatic rings. The molecule has 0 radical (unpaired) electrons. The van der Waals surface area contributed by atoms with Gasteiger partial charge in [-0.2, -0.15) is 0 Å². The van der Waals surface area contributed by atoms with E-state index in [2.05, 4.69) is 27.4 Å². The Bertz CT molecular complexity index is 573. The van der Waals surface area contributed by atoms with Crippen LogP contribution in [0.3, 0.4) is 0 Å². The number of likely N-dealkylation sites (tertiary alicyclic amines) is 1. The molecule has 0 spiro atoms. The minimum absolute atomic E-state index is 0.109. The molecule has 1 heterocycles. The SMILES string of the molecule is CN=C(NCCCN1CCCCC1C)NCc1ccc([N+](=O)[O-])cc1. The van der Waals surface area contributed by atoms with E-state index < -0.39 is 0 Å². The second-order valence-corrected chi connectivity index (χ2v) is 6.51. The van der Waals surface area contributed by atoms with Crippen LogP contribution in [0, 0.1) is 10.1 Å². The fraction of sp³-hybridized carbons (Fsp3) is 0.611. The minimum atomic E-state index is -0.388. The highest BCUT2D eigenvalue weighted by atomic mass is 16.6. The monoisotopic (exact) mass is 347 g/mol. The van der Waals surface area contributed by atoms with Gasteiger partial charge in [-0.05, 0) is 38.3 Å². The third kappa shape index (κ3) is 6.34. The first kappa shape index (κ1) is 19.2. The van der Waals surface area contributed by atoms with Crippen molar-refractivity contribution in [3.8, 4) is 0 Å². The van der Waals surface area contributed by atoms with E-state index in [0.717, 1.165) is 31.0 Å². The summed E-state index contributed by atoms with van der Waals surface area (Å²) in [6.07, 6.45) is 5.07. The Kier molecular flexibility index (Phi) is 7.66. The Labute approximate surface area is 149 Å². The number of piperidine rings is 1. The molecule has 1 saturated heterocycles. The molecule has 25 heavy (non-hydrogen) atoms. The quantitative estimate of drug-likeness (QED) is 0.260. The number of nitrogens with one attached hydrogen (secondary N) is 2. The van der Waals surface area contributed by atoms with Crippen LogP contribution in [-0.4, -0.2) is 48.5 Å². The van der Waals surface area contributed by atoms with E-state index in [1.54, 1.807) is 19.2 Å². The van der Waals surface area contributed by atoms with Gasteiger partial charge < -0.3 is 15.5 Å². The molecule has 2 N–H and O–H groups in total. The number of hydrogen-bond acceptors (Lipinski definition) is 4. The molecule has 1 atom stereocenters. The predicted octanol–water partition coefficient (Wildman–Crippen LogP) is 2.52. The lowest BCUT2D eigenvalue weighted by Crippen LogP contribution is -2.41. The Morgan fingerprint density at radius 2 is 2.08 bits per heavy atom. The van der Waals surface area contributed by atoms with Gasteiger partial charge >= 0.3 is 0 Å². The lowest BCUT2D eigenvalue weighted by atomic mass is 10.0. The van der Waals surface area contributed by atoms with Crippen LogP contribution in [0.5, 0.6) is 0 Å². The molecule has 138 valence electrons. The molecule has 1 unspecified atom stereocenters. The topological polar surface area (TPSA) is 82.8 Å². The van der Waals surface area contributed by atoms with E-state index in [4.69, 9.17) is 0 Å². The summed E-state index contributed by atoms with van der Waals surface area (Å²) in [4.78, 5) is 17.1. The third-order valence-electron chi connectivity index (χ3n) is 4.69. The first-order valence-electron chi connectivity index (χ1n) is 9.02. The summed E-state index contributed by atoms with van der Waals surface area (Å²) in [5.41, 5.74) is 1.09. The van der Waals surface area contributed by atoms with Gasteiger partial charge in [-0.3, -0.25) is 15.1 Å². The van der Waals surface area contributed by atoms with Crippen molar-refractivity contribution in [1.82, 2.24) is 15.5 Å². The maximum Gasteiger partial charge on any atom is 0.269 e. The van der Waals surface area contributed by atoms with Gasteiger partial charge in [0.15, 0.2) is 5.96 Å². The summed E-state index contributed by atoms with van der Waals surface area (Å²) >= 11 is 0. The summed E-state index contributed by atoms with van der Waals surface area (Å²) in [7, 11) is 1.75. The molecule has 0 saturated carbocycles. The largest absolute Gasteiger partial charge is 0.356 e. The number of nitro groups is 1. The highest BCUT2D eigenvalue weighted by molar-refractivity contribution is 5.79. The summed E-state index contributed by atoms with van der Waals surface area (Å²) in [5, 5.41) is 17.2. The van der Waals surface area contributed by atoms with Crippen molar-refractivity contribution in [2.24, 2.45) is 4.99 Å². The maximum absolute atomic E-state index is 10.7. The Morgan fingerprint density at radius 1 is 1.32 bits per heavy atom. The van der Waals surface area contributed by atoms with E-state index in [9.17, 15) is 10.1 Å². The van der Waals surface area contributed by atoms with E-state index in [0.29, 0.717) is 12.6 Å². The number of benzene rings is 1. The average molecular weight is 347 g/mol. The highest BCUT2D eigenvalue weighted by Crippen LogP contribution is 2.16. The second-order valence-electron chi connectivity index (χ2n) is 6.51. The smallest absolute Gasteiger partial charge is 0.269 e. The zero-order chi connectivity index (χ0) is 18.1. The molecule has 7 nitrogen and oxygen atoms in total. The summed E-state index contributed by atoms with van der Waals surface area (Å²) in [6.45, 7) is 6.11. The van der Waals surface area contributed by atoms with Gasteiger partial charge in [0, 0.05) is 44.9 Å². The summed E-state index contributed by atoms with van der Waals surface area (Å²) < 4.78 is 0. The number of rotatable bonds is 7. The van der Waals surface area contributed by atoms with Crippen LogP contribution in [0.25, 0.3) is 0 Å². The number of nitrogens with zero attached hydrogens (tertiary/aromatic N) is 3. The lowest BCUT2D eigenvalue weighted by molar-refractivity contribution is -0.384. The van der Waals surface area contributed by atoms with Crippen molar-refractivity contribution in [3.05, 3.63) is 39.9 Å². The first-order valence-corrected chi connectivity index (χ1v) is 9.02. The van der Waals surface area contributed by atoms with Gasteiger partial charge in [-0.1, -0.05) is 18.6 Å². The Morgan fingerprint density at radius 3 is 2.72 bits per heavy atom. The number of aliphatic imine (C=N–C) groups is 1. The van der Waals surface area contributed by atoms with Crippen LogP contribution in [0.2, 0.25) is 0 Å². The van der Waals surface area contributed by atoms with Gasteiger partial charge in [0.05, 0.1) is 4.92 Å². The fourth-order valence-electron chi connectivity index (χ4n) is 3.12. The zero-order valence-electron chi connectivity index (χ0n) is 15.2. The fourth-order valence-corrected chi connectivity index (χ4v) is 3.12. The van der Waals surface area contributed by atoms with Crippen LogP contribution < -0.4 is 10.6 Å². The molecule has 0 aromatic heterocycles. The van der Waals surface area contributed by atoms with E-state index in [-0.39, 0.29) is 10.6 Å². The maximum atomic E-state index is 10.7. The van der Waals surface area contributed by atoms with Crippen molar-refractivity contribution in [2.75, 3.05) is 26.7 Å². The summed E-state index contributed by atoms with van der Waals surface area (Å²) in [6, 6.07) is 7.26. The number of nitro benzene ring substituents is 1. The molecule has 1 aromatic rings. The van der Waals surface area contributed by atoms with Gasteiger partial charge in [0.2, 0.25) is 0 Å². The van der Waals surface area contributed by atoms with Crippen LogP contribution in [0.15, 0.2) is 29.3 Å². The minimum Gasteiger partial charge on any atom is -0.356 e. The average Bonchev–Trinajstić information content (AvgIpc) is 2.63. The predicted molar refractivity (Wildman–Crippen MR) is 101 cm³/mol. The van der Waals surface area contributed by atoms with E-state index in [1.165, 1.54) is 37.9 Å². The molecule has 0 aliphatic carbocycles. The first-order chi connectivity index (χ1) is 12.1. The Balaban J connectivity index is 1.67. The molecule has 0 amide bonds. The summed E-state index contributed by atoms with van der Waals surface area (Å²) in [5.74, 6) is 0.755. The van der Waals surface area contributed by atoms with Crippen molar-refractivity contribution >= 4 is 11.6 Å². The normalized spacial score (nSPS) is 18.8. The molecule has 0 bridgehead atoms. The molecule has 1 fully saturated rings. The van der Waals surface area contributed by atoms with E-state index >= 15 is 0 Å². The molecule has 2 rings (SSSR count). The van der Waals surface area contributed by atoms with Gasteiger partial charge in [0.1, 0.15) is 0 Å². The standard InChI is InChI=1S/C18H29N5O2/c1-15-6-3-4-12-22(15)13-5-11-20-18(19-2)21-14-16-7-9-17(10-8-16)23(24)25/h7-10,15H,3-6,11-14H2,1-2H3,(H2,19,20,21). The van der Waals surface area contributed by atoms with Gasteiger partial charge in [-0.15, -0.1) is 0 Å². The number of guanidine groups is 1. The van der Waals surface area contributed by atoms with Crippen molar-refractivity contribution in [3.63, 3.8) is 0 Å². The Hall–Kier alpha value is -2.15. The van der Waals surface area contributed by atoms with E-state index in [1.807, 2.05) is 0 Å². The molecular formula is C18H29N5O2. The molecule has 7 heteroatoms. The van der Waals surface area contributed by atoms with Gasteiger partial charge in [-0.25, -0.2) is 0 Å². The van der Waals surface area contributed by atoms with Crippen LogP contribution >= 0.6 is 0 Å². The molecular weight excluding hydrogens is 318 g/mol. The molecule has 1 aliphatic heterocycles. The third-order valence-corrected chi connectivity index (χ3v) is 4.69. The second kappa shape index (κ2) is 9.98. The zero-order valence-corrected chi connectivity index (χ0v) is 15.2. The van der Waals surface area contributed by atoms with Crippen molar-refractivity contribution in [1.29, 1.82) is 0 Å². The van der Waals surface area contributed by atoms with Crippen molar-refractivity contribution < 1.29 is 4.92 Å². The van der Waals surface area contributed by atoms with Crippen molar-refractivity contribution in [2.45, 2.75) is 45.2 Å². The number of non-ortho nitro benzene ring substituents is 1. The molecule has 1 aromatic carbocycles. The van der Waals surface area contributed by atoms with Crippen LogP contribution in [0.4, 0.5) is 5.69 Å². The number of hydrogen-bond donors (Lipinski definition) is 2. The lowest BCUT2D eigenvalue weighted by Gasteiger charge is -2.33. The highest BCUT2D eigenvalue weighted by Gasteiger charge is 2.17. The van der Waals surface area contributed by atoms with Crippen LogP contribution in [0.1, 0.15) is 38.2 Å². The van der Waals surface area contributed by atoms with Crippen LogP contribution in [-0.2, 0) is 6.54 Å².